The minimum absolute atomic E-state index is 1.05. The van der Waals surface area contributed by atoms with Crippen LogP contribution in [0, 0.1) is 5.92 Å². The monoisotopic (exact) mass is 97.1 g/mol. The summed E-state index contributed by atoms with van der Waals surface area (Å²) in [5.74, 6) is 1.14. The summed E-state index contributed by atoms with van der Waals surface area (Å²) in [5, 5.41) is 0. The van der Waals surface area contributed by atoms with Gasteiger partial charge in [0.25, 0.3) is 0 Å². The molecule has 1 saturated heterocycles. The smallest absolute Gasteiger partial charge is 0.0140 e. The fraction of sp³-hybridized carbons (Fsp3) is 1.00. The van der Waals surface area contributed by atoms with E-state index in [1.807, 2.05) is 0 Å². The molecule has 0 aromatic heterocycles. The van der Waals surface area contributed by atoms with E-state index in [9.17, 15) is 0 Å². The molecular formula is C6H11N. The summed E-state index contributed by atoms with van der Waals surface area (Å²) >= 11 is 0. The molecule has 0 radical (unpaired) electrons. The zero-order valence-corrected chi connectivity index (χ0v) is 4.72. The standard InChI is InChI=1S/C6H11N/c1-2-7-4-5-3-6(5)7/h5-6H,2-4H2,1H3. The second kappa shape index (κ2) is 1.03. The molecule has 1 heterocycles. The van der Waals surface area contributed by atoms with Gasteiger partial charge < -0.3 is 0 Å². The van der Waals surface area contributed by atoms with Crippen LogP contribution in [0.3, 0.4) is 0 Å². The third-order valence-corrected chi connectivity index (χ3v) is 2.23. The van der Waals surface area contributed by atoms with E-state index in [-0.39, 0.29) is 0 Å². The van der Waals surface area contributed by atoms with Crippen molar-refractivity contribution in [3.05, 3.63) is 0 Å². The van der Waals surface area contributed by atoms with Crippen molar-refractivity contribution in [2.24, 2.45) is 5.92 Å². The first-order valence-corrected chi connectivity index (χ1v) is 3.16. The quantitative estimate of drug-likeness (QED) is 0.466. The van der Waals surface area contributed by atoms with Crippen LogP contribution in [0.5, 0.6) is 0 Å². The van der Waals surface area contributed by atoms with Gasteiger partial charge in [-0.2, -0.15) is 0 Å². The van der Waals surface area contributed by atoms with Gasteiger partial charge in [-0.1, -0.05) is 6.92 Å². The van der Waals surface area contributed by atoms with Crippen molar-refractivity contribution in [1.82, 2.24) is 4.90 Å². The van der Waals surface area contributed by atoms with Gasteiger partial charge in [-0.05, 0) is 18.9 Å². The Morgan fingerprint density at radius 1 is 1.71 bits per heavy atom. The summed E-state index contributed by atoms with van der Waals surface area (Å²) < 4.78 is 0. The number of likely N-dealkylation sites (tertiary alicyclic amines) is 1. The van der Waals surface area contributed by atoms with Crippen LogP contribution < -0.4 is 0 Å². The first kappa shape index (κ1) is 3.90. The molecule has 1 nitrogen and oxygen atoms in total. The summed E-state index contributed by atoms with van der Waals surface area (Å²) in [4.78, 5) is 2.55. The fourth-order valence-electron chi connectivity index (χ4n) is 1.54. The molecule has 0 aromatic carbocycles. The van der Waals surface area contributed by atoms with Crippen molar-refractivity contribution in [1.29, 1.82) is 0 Å². The number of hydrogen-bond acceptors (Lipinski definition) is 1. The lowest BCUT2D eigenvalue weighted by Crippen LogP contribution is -2.38. The predicted octanol–water partition coefficient (Wildman–Crippen LogP) is 0.710. The summed E-state index contributed by atoms with van der Waals surface area (Å²) in [7, 11) is 0. The Balaban J connectivity index is 1.92. The molecule has 0 amide bonds. The maximum Gasteiger partial charge on any atom is 0.0140 e. The first-order valence-electron chi connectivity index (χ1n) is 3.16. The van der Waals surface area contributed by atoms with Crippen LogP contribution in [0.25, 0.3) is 0 Å². The van der Waals surface area contributed by atoms with Crippen molar-refractivity contribution < 1.29 is 0 Å². The SMILES string of the molecule is CCN1CC2CC21. The molecule has 7 heavy (non-hydrogen) atoms. The highest BCUT2D eigenvalue weighted by Gasteiger charge is 2.50. The fourth-order valence-corrected chi connectivity index (χ4v) is 1.54. The van der Waals surface area contributed by atoms with E-state index in [0.717, 1.165) is 12.0 Å². The molecule has 1 aliphatic carbocycles. The third-order valence-electron chi connectivity index (χ3n) is 2.23. The summed E-state index contributed by atoms with van der Waals surface area (Å²) in [6.07, 6.45) is 1.51. The van der Waals surface area contributed by atoms with Crippen molar-refractivity contribution >= 4 is 0 Å². The second-order valence-electron chi connectivity index (χ2n) is 2.65. The van der Waals surface area contributed by atoms with Crippen molar-refractivity contribution in [2.45, 2.75) is 19.4 Å². The van der Waals surface area contributed by atoms with Gasteiger partial charge in [0.05, 0.1) is 0 Å². The Morgan fingerprint density at radius 3 is 2.71 bits per heavy atom. The summed E-state index contributed by atoms with van der Waals surface area (Å²) in [6, 6.07) is 1.05. The van der Waals surface area contributed by atoms with E-state index in [2.05, 4.69) is 11.8 Å². The Labute approximate surface area is 44.3 Å². The number of fused-ring (bicyclic) bond motifs is 1. The van der Waals surface area contributed by atoms with Crippen molar-refractivity contribution in [3.63, 3.8) is 0 Å². The van der Waals surface area contributed by atoms with Crippen LogP contribution in [0.1, 0.15) is 13.3 Å². The lowest BCUT2D eigenvalue weighted by atomic mass is 10.2. The molecule has 40 valence electrons. The maximum absolute atomic E-state index is 2.55. The van der Waals surface area contributed by atoms with Gasteiger partial charge in [0.15, 0.2) is 0 Å². The highest BCUT2D eigenvalue weighted by Crippen LogP contribution is 2.45. The van der Waals surface area contributed by atoms with E-state index in [1.165, 1.54) is 19.5 Å². The van der Waals surface area contributed by atoms with Gasteiger partial charge in [-0.3, -0.25) is 4.90 Å². The Bertz CT molecular complexity index is 90.2. The molecule has 0 aromatic rings. The molecule has 0 bridgehead atoms. The van der Waals surface area contributed by atoms with Gasteiger partial charge in [-0.15, -0.1) is 0 Å². The number of hydrogen-bond donors (Lipinski definition) is 0. The second-order valence-corrected chi connectivity index (χ2v) is 2.65. The summed E-state index contributed by atoms with van der Waals surface area (Å²) in [6.45, 7) is 4.93. The number of rotatable bonds is 1. The maximum atomic E-state index is 2.55. The Hall–Kier alpha value is -0.0400. The third kappa shape index (κ3) is 0.367. The van der Waals surface area contributed by atoms with Gasteiger partial charge in [0.2, 0.25) is 0 Å². The lowest BCUT2D eigenvalue weighted by Gasteiger charge is -2.28. The van der Waals surface area contributed by atoms with Crippen LogP contribution in [-0.2, 0) is 0 Å². The molecule has 0 spiro atoms. The average molecular weight is 97.2 g/mol. The normalized spacial score (nSPS) is 47.6. The molecule has 2 unspecified atom stereocenters. The highest BCUT2D eigenvalue weighted by atomic mass is 15.3. The molecule has 2 aliphatic rings. The topological polar surface area (TPSA) is 3.24 Å². The van der Waals surface area contributed by atoms with Crippen molar-refractivity contribution in [2.75, 3.05) is 13.1 Å². The molecule has 1 saturated carbocycles. The van der Waals surface area contributed by atoms with E-state index in [1.54, 1.807) is 0 Å². The highest BCUT2D eigenvalue weighted by molar-refractivity contribution is 5.05. The van der Waals surface area contributed by atoms with Crippen LogP contribution in [0.15, 0.2) is 0 Å². The molecule has 2 fully saturated rings. The molecule has 2 atom stereocenters. The van der Waals surface area contributed by atoms with Crippen LogP contribution in [0.4, 0.5) is 0 Å². The largest absolute Gasteiger partial charge is 0.300 e. The molecule has 1 heteroatoms. The minimum atomic E-state index is 1.05. The van der Waals surface area contributed by atoms with E-state index >= 15 is 0 Å². The van der Waals surface area contributed by atoms with Crippen LogP contribution >= 0.6 is 0 Å². The van der Waals surface area contributed by atoms with Gasteiger partial charge >= 0.3 is 0 Å². The van der Waals surface area contributed by atoms with Gasteiger partial charge in [0.1, 0.15) is 0 Å². The minimum Gasteiger partial charge on any atom is -0.300 e. The zero-order valence-electron chi connectivity index (χ0n) is 4.72. The van der Waals surface area contributed by atoms with E-state index in [4.69, 9.17) is 0 Å². The Kier molecular flexibility index (Phi) is 0.571. The zero-order chi connectivity index (χ0) is 4.85. The number of nitrogens with zero attached hydrogens (tertiary/aromatic N) is 1. The molecule has 1 aliphatic heterocycles. The van der Waals surface area contributed by atoms with Crippen LogP contribution in [0.2, 0.25) is 0 Å². The molecular weight excluding hydrogens is 86.1 g/mol. The van der Waals surface area contributed by atoms with Gasteiger partial charge in [0, 0.05) is 12.6 Å². The first-order chi connectivity index (χ1) is 3.42. The average Bonchev–Trinajstić information content (AvgIpc) is 2.18. The Morgan fingerprint density at radius 2 is 2.57 bits per heavy atom. The van der Waals surface area contributed by atoms with Crippen LogP contribution in [-0.4, -0.2) is 24.0 Å². The molecule has 2 rings (SSSR count). The van der Waals surface area contributed by atoms with Crippen molar-refractivity contribution in [3.8, 4) is 0 Å². The van der Waals surface area contributed by atoms with E-state index < -0.39 is 0 Å². The molecule has 0 N–H and O–H groups in total. The van der Waals surface area contributed by atoms with E-state index in [0.29, 0.717) is 0 Å². The summed E-state index contributed by atoms with van der Waals surface area (Å²) in [5.41, 5.74) is 0. The lowest BCUT2D eigenvalue weighted by molar-refractivity contribution is 0.179. The van der Waals surface area contributed by atoms with Gasteiger partial charge in [-0.25, -0.2) is 0 Å². The predicted molar refractivity (Wildman–Crippen MR) is 29.1 cm³/mol.